The lowest BCUT2D eigenvalue weighted by atomic mass is 9.92. The van der Waals surface area contributed by atoms with Gasteiger partial charge >= 0.3 is 0 Å². The molecule has 6 rings (SSSR count). The van der Waals surface area contributed by atoms with Crippen molar-refractivity contribution in [3.63, 3.8) is 0 Å². The summed E-state index contributed by atoms with van der Waals surface area (Å²) >= 11 is 1.86. The molecule has 3 aromatic rings. The van der Waals surface area contributed by atoms with Crippen LogP contribution in [-0.4, -0.2) is 53.2 Å². The minimum Gasteiger partial charge on any atom is -0.381 e. The van der Waals surface area contributed by atoms with Crippen molar-refractivity contribution >= 4 is 34.5 Å². The Bertz CT molecular complexity index is 1130. The highest BCUT2D eigenvalue weighted by Crippen LogP contribution is 2.39. The lowest BCUT2D eigenvalue weighted by molar-refractivity contribution is 0.0903. The minimum atomic E-state index is -0.299. The molecular weight excluding hydrogens is 429 g/mol. The van der Waals surface area contributed by atoms with Gasteiger partial charge in [0.25, 0.3) is 0 Å². The second-order valence-electron chi connectivity index (χ2n) is 8.75. The van der Waals surface area contributed by atoms with Crippen LogP contribution in [0.3, 0.4) is 0 Å². The molecule has 1 N–H and O–H groups in total. The first-order chi connectivity index (χ1) is 15.7. The molecule has 0 saturated carbocycles. The van der Waals surface area contributed by atoms with Crippen LogP contribution in [0.25, 0.3) is 11.0 Å². The summed E-state index contributed by atoms with van der Waals surface area (Å²) in [4.78, 5) is 13.4. The van der Waals surface area contributed by atoms with Gasteiger partial charge in [-0.3, -0.25) is 0 Å². The van der Waals surface area contributed by atoms with Crippen LogP contribution >= 0.6 is 11.8 Å². The summed E-state index contributed by atoms with van der Waals surface area (Å²) in [5, 5.41) is 8.87. The fourth-order valence-electron chi connectivity index (χ4n) is 4.91. The Morgan fingerprint density at radius 3 is 2.78 bits per heavy atom. The molecule has 0 radical (unpaired) electrons. The topological polar surface area (TPSA) is 76.3 Å². The summed E-state index contributed by atoms with van der Waals surface area (Å²) in [6, 6.07) is 5.07. The lowest BCUT2D eigenvalue weighted by Crippen LogP contribution is -2.35. The first kappa shape index (κ1) is 20.2. The van der Waals surface area contributed by atoms with Gasteiger partial charge in [-0.15, -0.1) is 11.8 Å². The molecule has 2 saturated heterocycles. The normalized spacial score (nSPS) is 20.1. The van der Waals surface area contributed by atoms with Crippen LogP contribution in [0.4, 0.5) is 16.2 Å². The van der Waals surface area contributed by atoms with Crippen LogP contribution in [0, 0.1) is 5.82 Å². The van der Waals surface area contributed by atoms with Crippen LogP contribution in [0.5, 0.6) is 0 Å². The molecule has 2 fully saturated rings. The van der Waals surface area contributed by atoms with Crippen LogP contribution in [0.1, 0.15) is 43.0 Å². The van der Waals surface area contributed by atoms with Gasteiger partial charge in [-0.1, -0.05) is 5.16 Å². The first-order valence-electron chi connectivity index (χ1n) is 11.4. The molecule has 0 atom stereocenters. The predicted molar refractivity (Wildman–Crippen MR) is 122 cm³/mol. The molecule has 0 amide bonds. The number of rotatable bonds is 4. The van der Waals surface area contributed by atoms with E-state index in [1.165, 1.54) is 22.7 Å². The molecule has 5 heterocycles. The number of benzene rings is 1. The molecule has 0 aliphatic carbocycles. The zero-order valence-corrected chi connectivity index (χ0v) is 18.7. The molecule has 7 nitrogen and oxygen atoms in total. The predicted octanol–water partition coefficient (Wildman–Crippen LogP) is 4.38. The van der Waals surface area contributed by atoms with Gasteiger partial charge in [-0.05, 0) is 37.8 Å². The Morgan fingerprint density at radius 2 is 1.94 bits per heavy atom. The van der Waals surface area contributed by atoms with Crippen molar-refractivity contribution in [2.24, 2.45) is 0 Å². The highest BCUT2D eigenvalue weighted by molar-refractivity contribution is 7.99. The number of nitrogens with zero attached hydrogens (tertiary/aromatic N) is 4. The SMILES string of the molecule is Fc1ccc2c(C3CCN(c4nc5c(c(NC6CCOCC6)n4)SCC5)CC3)noc2c1. The quantitative estimate of drug-likeness (QED) is 0.621. The smallest absolute Gasteiger partial charge is 0.227 e. The monoisotopic (exact) mass is 455 g/mol. The fraction of sp³-hybridized carbons (Fsp3) is 0.522. The maximum absolute atomic E-state index is 13.5. The third-order valence-electron chi connectivity index (χ3n) is 6.70. The molecule has 32 heavy (non-hydrogen) atoms. The van der Waals surface area contributed by atoms with Gasteiger partial charge in [0.1, 0.15) is 11.6 Å². The number of halogens is 1. The number of nitrogens with one attached hydrogen (secondary N) is 1. The number of anilines is 2. The standard InChI is InChI=1S/C23H26FN5O2S/c24-15-1-2-17-19(13-15)31-28-20(17)14-3-8-29(9-4-14)23-26-18-7-12-32-21(18)22(27-23)25-16-5-10-30-11-6-16/h1-2,13-14,16H,3-12H2,(H,25,26,27). The van der Waals surface area contributed by atoms with Gasteiger partial charge in [0.15, 0.2) is 5.58 Å². The van der Waals surface area contributed by atoms with Gasteiger partial charge in [-0.25, -0.2) is 9.37 Å². The van der Waals surface area contributed by atoms with Crippen LogP contribution in [0.2, 0.25) is 0 Å². The number of hydrogen-bond acceptors (Lipinski definition) is 8. The molecule has 3 aliphatic heterocycles. The number of aryl methyl sites for hydroxylation is 1. The summed E-state index contributed by atoms with van der Waals surface area (Å²) < 4.78 is 24.4. The summed E-state index contributed by atoms with van der Waals surface area (Å²) in [5.41, 5.74) is 2.62. The van der Waals surface area contributed by atoms with Crippen molar-refractivity contribution in [1.82, 2.24) is 15.1 Å². The highest BCUT2D eigenvalue weighted by Gasteiger charge is 2.29. The van der Waals surface area contributed by atoms with Gasteiger partial charge in [0.05, 0.1) is 16.3 Å². The van der Waals surface area contributed by atoms with E-state index in [1.54, 1.807) is 6.07 Å². The average molecular weight is 456 g/mol. The average Bonchev–Trinajstić information content (AvgIpc) is 3.47. The molecule has 3 aliphatic rings. The highest BCUT2D eigenvalue weighted by atomic mass is 32.2. The fourth-order valence-corrected chi connectivity index (χ4v) is 5.96. The number of hydrogen-bond donors (Lipinski definition) is 1. The summed E-state index contributed by atoms with van der Waals surface area (Å²) in [6.45, 7) is 3.34. The maximum atomic E-state index is 13.5. The van der Waals surface area contributed by atoms with Gasteiger partial charge in [-0.2, -0.15) is 4.98 Å². The molecule has 168 valence electrons. The van der Waals surface area contributed by atoms with Crippen LogP contribution in [-0.2, 0) is 11.2 Å². The zero-order chi connectivity index (χ0) is 21.5. The third-order valence-corrected chi connectivity index (χ3v) is 7.82. The van der Waals surface area contributed by atoms with Crippen molar-refractivity contribution < 1.29 is 13.7 Å². The molecule has 0 spiro atoms. The summed E-state index contributed by atoms with van der Waals surface area (Å²) in [6.07, 6.45) is 4.91. The second kappa shape index (κ2) is 8.51. The zero-order valence-electron chi connectivity index (χ0n) is 17.8. The van der Waals surface area contributed by atoms with E-state index in [-0.39, 0.29) is 5.82 Å². The Kier molecular flexibility index (Phi) is 5.38. The molecule has 0 bridgehead atoms. The Balaban J connectivity index is 1.20. The number of thioether (sulfide) groups is 1. The van der Waals surface area contributed by atoms with E-state index < -0.39 is 0 Å². The van der Waals surface area contributed by atoms with E-state index in [0.717, 1.165) is 87.0 Å². The number of fused-ring (bicyclic) bond motifs is 2. The Hall–Kier alpha value is -2.39. The Morgan fingerprint density at radius 1 is 1.09 bits per heavy atom. The second-order valence-corrected chi connectivity index (χ2v) is 9.85. The van der Waals surface area contributed by atoms with Crippen molar-refractivity contribution in [3.05, 3.63) is 35.4 Å². The van der Waals surface area contributed by atoms with E-state index in [2.05, 4.69) is 15.4 Å². The van der Waals surface area contributed by atoms with Crippen molar-refractivity contribution in [3.8, 4) is 0 Å². The van der Waals surface area contributed by atoms with E-state index in [9.17, 15) is 4.39 Å². The van der Waals surface area contributed by atoms with Gasteiger partial charge < -0.3 is 19.5 Å². The van der Waals surface area contributed by atoms with Crippen LogP contribution in [0.15, 0.2) is 27.6 Å². The van der Waals surface area contributed by atoms with Gasteiger partial charge in [0.2, 0.25) is 5.95 Å². The molecule has 1 aromatic carbocycles. The first-order valence-corrected chi connectivity index (χ1v) is 12.4. The lowest BCUT2D eigenvalue weighted by Gasteiger charge is -2.32. The third kappa shape index (κ3) is 3.81. The number of ether oxygens (including phenoxy) is 1. The van der Waals surface area contributed by atoms with Gasteiger partial charge in [0, 0.05) is 61.9 Å². The largest absolute Gasteiger partial charge is 0.381 e. The minimum absolute atomic E-state index is 0.294. The summed E-state index contributed by atoms with van der Waals surface area (Å²) in [7, 11) is 0. The van der Waals surface area contributed by atoms with Crippen molar-refractivity contribution in [2.75, 3.05) is 42.3 Å². The van der Waals surface area contributed by atoms with Crippen molar-refractivity contribution in [1.29, 1.82) is 0 Å². The molecular formula is C23H26FN5O2S. The van der Waals surface area contributed by atoms with E-state index >= 15 is 0 Å². The molecule has 2 aromatic heterocycles. The molecule has 0 unspecified atom stereocenters. The van der Waals surface area contributed by atoms with E-state index in [1.807, 2.05) is 11.8 Å². The maximum Gasteiger partial charge on any atom is 0.227 e. The number of aromatic nitrogens is 3. The Labute approximate surface area is 190 Å². The molecule has 9 heteroatoms. The van der Waals surface area contributed by atoms with E-state index in [0.29, 0.717) is 17.5 Å². The van der Waals surface area contributed by atoms with E-state index in [4.69, 9.17) is 19.2 Å². The van der Waals surface area contributed by atoms with Crippen LogP contribution < -0.4 is 10.2 Å². The summed E-state index contributed by atoms with van der Waals surface area (Å²) in [5.74, 6) is 2.88. The number of piperidine rings is 1. The van der Waals surface area contributed by atoms with Crippen molar-refractivity contribution in [2.45, 2.75) is 49.0 Å².